The number of benzene rings is 1. The topological polar surface area (TPSA) is 59.0 Å². The van der Waals surface area contributed by atoms with Crippen LogP contribution in [0.4, 0.5) is 15.9 Å². The van der Waals surface area contributed by atoms with Crippen LogP contribution in [0, 0.1) is 5.82 Å². The minimum absolute atomic E-state index is 0.0962. The van der Waals surface area contributed by atoms with Crippen molar-refractivity contribution >= 4 is 17.4 Å². The molecule has 1 amide bonds. The molecule has 1 aliphatic rings. The average molecular weight is 246 g/mol. The molecule has 5 nitrogen and oxygen atoms in total. The van der Waals surface area contributed by atoms with Gasteiger partial charge in [-0.1, -0.05) is 0 Å². The number of hydrogen-bond acceptors (Lipinski definition) is 3. The predicted octanol–water partition coefficient (Wildman–Crippen LogP) is 1.76. The van der Waals surface area contributed by atoms with E-state index in [1.165, 1.54) is 12.1 Å². The molecule has 2 heterocycles. The smallest absolute Gasteiger partial charge is 0.246 e. The van der Waals surface area contributed by atoms with Gasteiger partial charge in [-0.25, -0.2) is 9.07 Å². The van der Waals surface area contributed by atoms with E-state index in [1.807, 2.05) is 0 Å². The van der Waals surface area contributed by atoms with Crippen molar-refractivity contribution in [2.75, 3.05) is 10.6 Å². The molecule has 0 aliphatic carbocycles. The molecule has 92 valence electrons. The van der Waals surface area contributed by atoms with E-state index in [1.54, 1.807) is 29.9 Å². The number of fused-ring (bicyclic) bond motifs is 1. The highest BCUT2D eigenvalue weighted by atomic mass is 19.1. The van der Waals surface area contributed by atoms with Crippen LogP contribution in [0.3, 0.4) is 0 Å². The lowest BCUT2D eigenvalue weighted by molar-refractivity contribution is -0.116. The van der Waals surface area contributed by atoms with Gasteiger partial charge < -0.3 is 10.6 Å². The summed E-state index contributed by atoms with van der Waals surface area (Å²) in [6.07, 6.45) is 1.56. The molecule has 0 saturated carbocycles. The Hall–Kier alpha value is -2.37. The average Bonchev–Trinajstić information content (AvgIpc) is 2.74. The molecule has 1 aromatic heterocycles. The maximum Gasteiger partial charge on any atom is 0.246 e. The molecule has 6 heteroatoms. The summed E-state index contributed by atoms with van der Waals surface area (Å²) in [6.45, 7) is 1.76. The predicted molar refractivity (Wildman–Crippen MR) is 65.2 cm³/mol. The van der Waals surface area contributed by atoms with E-state index in [0.717, 1.165) is 5.69 Å². The SMILES string of the molecule is CC1Nc2c(cnn2-c2ccc(F)cc2)NC1=O. The third-order valence-corrected chi connectivity index (χ3v) is 2.84. The third kappa shape index (κ3) is 1.62. The first kappa shape index (κ1) is 10.8. The van der Waals surface area contributed by atoms with Crippen molar-refractivity contribution in [2.24, 2.45) is 0 Å². The second kappa shape index (κ2) is 3.83. The van der Waals surface area contributed by atoms with Gasteiger partial charge in [-0.15, -0.1) is 0 Å². The number of nitrogens with one attached hydrogen (secondary N) is 2. The lowest BCUT2D eigenvalue weighted by Gasteiger charge is -2.22. The van der Waals surface area contributed by atoms with Gasteiger partial charge in [0, 0.05) is 0 Å². The monoisotopic (exact) mass is 246 g/mol. The fourth-order valence-corrected chi connectivity index (χ4v) is 1.87. The standard InChI is InChI=1S/C12H11FN4O/c1-7-12(18)16-10-6-14-17(11(10)15-7)9-4-2-8(13)3-5-9/h2-7,15H,1H3,(H,16,18). The van der Waals surface area contributed by atoms with E-state index < -0.39 is 0 Å². The van der Waals surface area contributed by atoms with Crippen LogP contribution in [-0.2, 0) is 4.79 Å². The zero-order valence-electron chi connectivity index (χ0n) is 9.64. The van der Waals surface area contributed by atoms with Crippen molar-refractivity contribution in [1.29, 1.82) is 0 Å². The second-order valence-corrected chi connectivity index (χ2v) is 4.15. The number of carbonyl (C=O) groups is 1. The van der Waals surface area contributed by atoms with E-state index in [9.17, 15) is 9.18 Å². The summed E-state index contributed by atoms with van der Waals surface area (Å²) in [5.41, 5.74) is 1.36. The number of halogens is 1. The Morgan fingerprint density at radius 2 is 2.06 bits per heavy atom. The van der Waals surface area contributed by atoms with Crippen LogP contribution in [-0.4, -0.2) is 21.7 Å². The molecule has 0 saturated heterocycles. The third-order valence-electron chi connectivity index (χ3n) is 2.84. The van der Waals surface area contributed by atoms with Gasteiger partial charge in [0.25, 0.3) is 0 Å². The quantitative estimate of drug-likeness (QED) is 0.806. The van der Waals surface area contributed by atoms with Crippen LogP contribution in [0.1, 0.15) is 6.92 Å². The summed E-state index contributed by atoms with van der Waals surface area (Å²) in [4.78, 5) is 11.5. The number of amides is 1. The fourth-order valence-electron chi connectivity index (χ4n) is 1.87. The van der Waals surface area contributed by atoms with Gasteiger partial charge in [0.05, 0.1) is 11.9 Å². The Bertz CT molecular complexity index is 605. The number of rotatable bonds is 1. The Labute approximate surface area is 103 Å². The molecule has 0 radical (unpaired) electrons. The molecule has 1 unspecified atom stereocenters. The first-order valence-corrected chi connectivity index (χ1v) is 5.56. The summed E-state index contributed by atoms with van der Waals surface area (Å²) in [5, 5.41) is 10.0. The van der Waals surface area contributed by atoms with Crippen molar-refractivity contribution in [1.82, 2.24) is 9.78 Å². The largest absolute Gasteiger partial charge is 0.357 e. The van der Waals surface area contributed by atoms with Crippen LogP contribution in [0.2, 0.25) is 0 Å². The van der Waals surface area contributed by atoms with Crippen LogP contribution in [0.5, 0.6) is 0 Å². The highest BCUT2D eigenvalue weighted by Crippen LogP contribution is 2.28. The first-order valence-electron chi connectivity index (χ1n) is 5.56. The molecule has 2 N–H and O–H groups in total. The molecule has 0 bridgehead atoms. The number of nitrogens with zero attached hydrogens (tertiary/aromatic N) is 2. The van der Waals surface area contributed by atoms with Crippen LogP contribution in [0.25, 0.3) is 5.69 Å². The van der Waals surface area contributed by atoms with Crippen molar-refractivity contribution in [3.63, 3.8) is 0 Å². The van der Waals surface area contributed by atoms with Gasteiger partial charge >= 0.3 is 0 Å². The minimum atomic E-state index is -0.326. The normalized spacial score (nSPS) is 17.9. The number of anilines is 2. The summed E-state index contributed by atoms with van der Waals surface area (Å²) in [5.74, 6) is 0.310. The zero-order chi connectivity index (χ0) is 12.7. The molecule has 1 aliphatic heterocycles. The Kier molecular flexibility index (Phi) is 2.29. The van der Waals surface area contributed by atoms with Crippen molar-refractivity contribution < 1.29 is 9.18 Å². The number of aromatic nitrogens is 2. The maximum absolute atomic E-state index is 12.9. The molecular formula is C12H11FN4O. The van der Waals surface area contributed by atoms with Crippen LogP contribution < -0.4 is 10.6 Å². The van der Waals surface area contributed by atoms with Gasteiger partial charge in [0.1, 0.15) is 17.5 Å². The van der Waals surface area contributed by atoms with Crippen molar-refractivity contribution in [3.05, 3.63) is 36.3 Å². The molecule has 3 rings (SSSR count). The highest BCUT2D eigenvalue weighted by molar-refractivity contribution is 6.02. The van der Waals surface area contributed by atoms with E-state index in [2.05, 4.69) is 15.7 Å². The van der Waals surface area contributed by atoms with Gasteiger partial charge in [0.2, 0.25) is 5.91 Å². The first-order chi connectivity index (χ1) is 8.65. The lowest BCUT2D eigenvalue weighted by Crippen LogP contribution is -2.36. The Morgan fingerprint density at radius 1 is 1.33 bits per heavy atom. The van der Waals surface area contributed by atoms with Gasteiger partial charge in [-0.2, -0.15) is 5.10 Å². The molecule has 1 aromatic carbocycles. The number of carbonyl (C=O) groups excluding carboxylic acids is 1. The molecule has 1 atom stereocenters. The Balaban J connectivity index is 2.05. The number of hydrogen-bond donors (Lipinski definition) is 2. The van der Waals surface area contributed by atoms with E-state index in [-0.39, 0.29) is 17.8 Å². The Morgan fingerprint density at radius 3 is 2.78 bits per heavy atom. The summed E-state index contributed by atoms with van der Waals surface area (Å²) < 4.78 is 14.5. The van der Waals surface area contributed by atoms with Gasteiger partial charge in [-0.05, 0) is 31.2 Å². The zero-order valence-corrected chi connectivity index (χ0v) is 9.64. The summed E-state index contributed by atoms with van der Waals surface area (Å²) in [7, 11) is 0. The summed E-state index contributed by atoms with van der Waals surface area (Å²) in [6, 6.07) is 5.67. The van der Waals surface area contributed by atoms with Crippen LogP contribution >= 0.6 is 0 Å². The molecule has 2 aromatic rings. The second-order valence-electron chi connectivity index (χ2n) is 4.15. The lowest BCUT2D eigenvalue weighted by atomic mass is 10.2. The molecule has 0 spiro atoms. The maximum atomic E-state index is 12.9. The van der Waals surface area contributed by atoms with Gasteiger partial charge in [-0.3, -0.25) is 4.79 Å². The minimum Gasteiger partial charge on any atom is -0.357 e. The van der Waals surface area contributed by atoms with E-state index in [4.69, 9.17) is 0 Å². The van der Waals surface area contributed by atoms with Crippen LogP contribution in [0.15, 0.2) is 30.5 Å². The van der Waals surface area contributed by atoms with Gasteiger partial charge in [0.15, 0.2) is 5.82 Å². The summed E-state index contributed by atoms with van der Waals surface area (Å²) >= 11 is 0. The van der Waals surface area contributed by atoms with Crippen molar-refractivity contribution in [2.45, 2.75) is 13.0 Å². The fraction of sp³-hybridized carbons (Fsp3) is 0.167. The van der Waals surface area contributed by atoms with E-state index in [0.29, 0.717) is 11.5 Å². The van der Waals surface area contributed by atoms with Crippen molar-refractivity contribution in [3.8, 4) is 5.69 Å². The molecular weight excluding hydrogens is 235 g/mol. The van der Waals surface area contributed by atoms with E-state index >= 15 is 0 Å². The highest BCUT2D eigenvalue weighted by Gasteiger charge is 2.25. The molecule has 0 fully saturated rings. The molecule has 18 heavy (non-hydrogen) atoms.